The van der Waals surface area contributed by atoms with Gasteiger partial charge in [0.2, 0.25) is 0 Å². The van der Waals surface area contributed by atoms with E-state index in [4.69, 9.17) is 4.74 Å². The van der Waals surface area contributed by atoms with E-state index in [9.17, 15) is 5.11 Å². The van der Waals surface area contributed by atoms with Crippen LogP contribution in [0.3, 0.4) is 0 Å². The molecule has 3 heteroatoms. The van der Waals surface area contributed by atoms with Crippen LogP contribution in [0.15, 0.2) is 18.2 Å². The fraction of sp³-hybridized carbons (Fsp3) is 0.571. The van der Waals surface area contributed by atoms with Crippen LogP contribution in [0.5, 0.6) is 11.5 Å². The molecule has 0 aromatic heterocycles. The fourth-order valence-electron chi connectivity index (χ4n) is 2.52. The summed E-state index contributed by atoms with van der Waals surface area (Å²) in [6.07, 6.45) is 5.04. The van der Waals surface area contributed by atoms with Gasteiger partial charge in [0.25, 0.3) is 0 Å². The lowest BCUT2D eigenvalue weighted by molar-refractivity contribution is 0.348. The van der Waals surface area contributed by atoms with E-state index in [1.165, 1.54) is 25.7 Å². The number of aromatic hydroxyl groups is 1. The van der Waals surface area contributed by atoms with E-state index in [0.717, 1.165) is 5.56 Å². The Balaban J connectivity index is 2.03. The lowest BCUT2D eigenvalue weighted by Crippen LogP contribution is -2.38. The number of phenolic OH excluding ortho intramolecular Hbond substituents is 1. The second-order valence-electron chi connectivity index (χ2n) is 5.09. The van der Waals surface area contributed by atoms with Crippen molar-refractivity contribution in [2.24, 2.45) is 0 Å². The molecule has 0 heterocycles. The Hall–Kier alpha value is -1.22. The molecule has 0 amide bonds. The summed E-state index contributed by atoms with van der Waals surface area (Å²) in [6, 6.07) is 5.62. The van der Waals surface area contributed by atoms with Gasteiger partial charge in [-0.05, 0) is 25.8 Å². The molecule has 1 aliphatic rings. The third-order valence-corrected chi connectivity index (χ3v) is 3.72. The Bertz CT molecular complexity index is 384. The number of para-hydroxylation sites is 1. The van der Waals surface area contributed by atoms with Crippen molar-refractivity contribution in [1.82, 2.24) is 5.32 Å². The normalized spacial score (nSPS) is 18.2. The Morgan fingerprint density at radius 1 is 1.35 bits per heavy atom. The third kappa shape index (κ3) is 2.72. The summed E-state index contributed by atoms with van der Waals surface area (Å²) < 4.78 is 5.10. The highest BCUT2D eigenvalue weighted by molar-refractivity contribution is 5.45. The van der Waals surface area contributed by atoms with Crippen molar-refractivity contribution >= 4 is 0 Å². The fourth-order valence-corrected chi connectivity index (χ4v) is 2.52. The number of methoxy groups -OCH3 is 1. The largest absolute Gasteiger partial charge is 0.504 e. The van der Waals surface area contributed by atoms with Crippen LogP contribution in [0, 0.1) is 0 Å². The van der Waals surface area contributed by atoms with E-state index < -0.39 is 0 Å². The van der Waals surface area contributed by atoms with Crippen molar-refractivity contribution in [3.8, 4) is 11.5 Å². The molecule has 1 fully saturated rings. The van der Waals surface area contributed by atoms with E-state index in [2.05, 4.69) is 12.2 Å². The first-order valence-corrected chi connectivity index (χ1v) is 6.24. The Morgan fingerprint density at radius 2 is 2.06 bits per heavy atom. The molecule has 3 nitrogen and oxygen atoms in total. The number of hydrogen-bond acceptors (Lipinski definition) is 3. The van der Waals surface area contributed by atoms with Crippen LogP contribution in [0.2, 0.25) is 0 Å². The highest BCUT2D eigenvalue weighted by Crippen LogP contribution is 2.32. The first-order chi connectivity index (χ1) is 8.14. The van der Waals surface area contributed by atoms with Gasteiger partial charge in [0.05, 0.1) is 7.11 Å². The lowest BCUT2D eigenvalue weighted by Gasteiger charge is -2.25. The summed E-state index contributed by atoms with van der Waals surface area (Å²) in [5, 5.41) is 13.5. The van der Waals surface area contributed by atoms with Crippen LogP contribution in [0.25, 0.3) is 0 Å². The van der Waals surface area contributed by atoms with Gasteiger partial charge in [-0.3, -0.25) is 0 Å². The minimum atomic E-state index is 0.232. The molecule has 0 atom stereocenters. The van der Waals surface area contributed by atoms with Crippen molar-refractivity contribution in [2.75, 3.05) is 7.11 Å². The first-order valence-electron chi connectivity index (χ1n) is 6.24. The Kier molecular flexibility index (Phi) is 3.57. The molecule has 0 spiro atoms. The van der Waals surface area contributed by atoms with Crippen molar-refractivity contribution in [3.05, 3.63) is 23.8 Å². The topological polar surface area (TPSA) is 41.5 Å². The number of benzene rings is 1. The van der Waals surface area contributed by atoms with E-state index in [0.29, 0.717) is 12.3 Å². The molecule has 0 bridgehead atoms. The molecule has 1 saturated carbocycles. The number of rotatable bonds is 4. The Morgan fingerprint density at radius 3 is 2.71 bits per heavy atom. The molecule has 94 valence electrons. The maximum atomic E-state index is 9.98. The minimum absolute atomic E-state index is 0.232. The highest BCUT2D eigenvalue weighted by atomic mass is 16.5. The maximum Gasteiger partial charge on any atom is 0.162 e. The van der Waals surface area contributed by atoms with Crippen molar-refractivity contribution in [2.45, 2.75) is 44.7 Å². The molecule has 1 aliphatic carbocycles. The summed E-state index contributed by atoms with van der Waals surface area (Å²) in [5.74, 6) is 0.796. The van der Waals surface area contributed by atoms with E-state index >= 15 is 0 Å². The van der Waals surface area contributed by atoms with Gasteiger partial charge in [-0.15, -0.1) is 0 Å². The summed E-state index contributed by atoms with van der Waals surface area (Å²) in [4.78, 5) is 0. The predicted octanol–water partition coefficient (Wildman–Crippen LogP) is 2.82. The highest BCUT2D eigenvalue weighted by Gasteiger charge is 2.27. The summed E-state index contributed by atoms with van der Waals surface area (Å²) in [6.45, 7) is 2.96. The van der Waals surface area contributed by atoms with Gasteiger partial charge in [-0.1, -0.05) is 25.0 Å². The molecule has 17 heavy (non-hydrogen) atoms. The van der Waals surface area contributed by atoms with E-state index in [1.807, 2.05) is 12.1 Å². The van der Waals surface area contributed by atoms with Crippen LogP contribution < -0.4 is 10.1 Å². The molecule has 0 radical (unpaired) electrons. The average molecular weight is 235 g/mol. The second-order valence-corrected chi connectivity index (χ2v) is 5.09. The van der Waals surface area contributed by atoms with Gasteiger partial charge in [0.1, 0.15) is 0 Å². The number of hydrogen-bond donors (Lipinski definition) is 2. The molecular formula is C14H21NO2. The molecule has 2 N–H and O–H groups in total. The standard InChI is InChI=1S/C14H21NO2/c1-14(8-3-4-9-14)15-10-11-6-5-7-12(17-2)13(11)16/h5-7,15-16H,3-4,8-10H2,1-2H3. The van der Waals surface area contributed by atoms with Gasteiger partial charge in [0.15, 0.2) is 11.5 Å². The first kappa shape index (κ1) is 12.2. The zero-order chi connectivity index (χ0) is 12.3. The monoisotopic (exact) mass is 235 g/mol. The van der Waals surface area contributed by atoms with E-state index in [-0.39, 0.29) is 11.3 Å². The maximum absolute atomic E-state index is 9.98. The van der Waals surface area contributed by atoms with Crippen molar-refractivity contribution < 1.29 is 9.84 Å². The van der Waals surface area contributed by atoms with Gasteiger partial charge in [-0.25, -0.2) is 0 Å². The van der Waals surface area contributed by atoms with Crippen LogP contribution in [0.1, 0.15) is 38.2 Å². The molecule has 0 saturated heterocycles. The quantitative estimate of drug-likeness (QED) is 0.843. The molecule has 1 aromatic carbocycles. The Labute approximate surface area is 103 Å². The molecule has 2 rings (SSSR count). The predicted molar refractivity (Wildman–Crippen MR) is 68.4 cm³/mol. The number of ether oxygens (including phenoxy) is 1. The number of nitrogens with one attached hydrogen (secondary N) is 1. The smallest absolute Gasteiger partial charge is 0.162 e. The van der Waals surface area contributed by atoms with Crippen LogP contribution in [-0.2, 0) is 6.54 Å². The zero-order valence-electron chi connectivity index (χ0n) is 10.6. The van der Waals surface area contributed by atoms with Gasteiger partial charge < -0.3 is 15.2 Å². The van der Waals surface area contributed by atoms with Gasteiger partial charge in [-0.2, -0.15) is 0 Å². The van der Waals surface area contributed by atoms with Crippen molar-refractivity contribution in [1.29, 1.82) is 0 Å². The van der Waals surface area contributed by atoms with Crippen molar-refractivity contribution in [3.63, 3.8) is 0 Å². The SMILES string of the molecule is COc1cccc(CNC2(C)CCCC2)c1O. The summed E-state index contributed by atoms with van der Waals surface area (Å²) in [7, 11) is 1.57. The lowest BCUT2D eigenvalue weighted by atomic mass is 10.00. The summed E-state index contributed by atoms with van der Waals surface area (Å²) in [5.41, 5.74) is 1.13. The number of phenols is 1. The van der Waals surface area contributed by atoms with E-state index in [1.54, 1.807) is 13.2 Å². The molecular weight excluding hydrogens is 214 g/mol. The van der Waals surface area contributed by atoms with Crippen LogP contribution >= 0.6 is 0 Å². The third-order valence-electron chi connectivity index (χ3n) is 3.72. The minimum Gasteiger partial charge on any atom is -0.504 e. The summed E-state index contributed by atoms with van der Waals surface area (Å²) >= 11 is 0. The molecule has 0 unspecified atom stereocenters. The van der Waals surface area contributed by atoms with Gasteiger partial charge in [0, 0.05) is 17.6 Å². The van der Waals surface area contributed by atoms with Crippen LogP contribution in [0.4, 0.5) is 0 Å². The van der Waals surface area contributed by atoms with Gasteiger partial charge >= 0.3 is 0 Å². The van der Waals surface area contributed by atoms with Crippen LogP contribution in [-0.4, -0.2) is 17.8 Å². The average Bonchev–Trinajstić information content (AvgIpc) is 2.75. The molecule has 0 aliphatic heterocycles. The zero-order valence-corrected chi connectivity index (χ0v) is 10.6. The second kappa shape index (κ2) is 4.96. The molecule has 1 aromatic rings.